The highest BCUT2D eigenvalue weighted by molar-refractivity contribution is 5.10. The molecule has 0 amide bonds. The van der Waals surface area contributed by atoms with Crippen molar-refractivity contribution in [2.75, 3.05) is 6.54 Å². The van der Waals surface area contributed by atoms with Crippen LogP contribution in [0.25, 0.3) is 0 Å². The lowest BCUT2D eigenvalue weighted by Crippen LogP contribution is -2.38. The highest BCUT2D eigenvalue weighted by atomic mass is 15.3. The molecule has 0 bridgehead atoms. The van der Waals surface area contributed by atoms with E-state index in [1.54, 1.807) is 0 Å². The van der Waals surface area contributed by atoms with Crippen molar-refractivity contribution in [2.45, 2.75) is 46.1 Å². The largest absolute Gasteiger partial charge is 0.314 e. The van der Waals surface area contributed by atoms with Gasteiger partial charge in [-0.15, -0.1) is 0 Å². The monoisotopic (exact) mass is 235 g/mol. The van der Waals surface area contributed by atoms with E-state index in [1.165, 1.54) is 18.5 Å². The predicted molar refractivity (Wildman–Crippen MR) is 71.0 cm³/mol. The number of rotatable bonds is 6. The van der Waals surface area contributed by atoms with Crippen LogP contribution in [0.1, 0.15) is 38.1 Å². The van der Waals surface area contributed by atoms with Crippen LogP contribution in [-0.4, -0.2) is 22.4 Å². The van der Waals surface area contributed by atoms with Gasteiger partial charge in [-0.1, -0.05) is 13.8 Å². The first-order valence-electron chi connectivity index (χ1n) is 6.84. The van der Waals surface area contributed by atoms with E-state index in [1.807, 2.05) is 11.7 Å². The van der Waals surface area contributed by atoms with Crippen molar-refractivity contribution in [3.8, 4) is 0 Å². The van der Waals surface area contributed by atoms with Gasteiger partial charge in [0.1, 0.15) is 0 Å². The molecule has 1 saturated carbocycles. The number of aromatic nitrogens is 2. The second kappa shape index (κ2) is 5.21. The lowest BCUT2D eigenvalue weighted by Gasteiger charge is -2.24. The Morgan fingerprint density at radius 2 is 2.24 bits per heavy atom. The summed E-state index contributed by atoms with van der Waals surface area (Å²) in [4.78, 5) is 0. The first kappa shape index (κ1) is 12.6. The highest BCUT2D eigenvalue weighted by Gasteiger charge is 2.33. The third-order valence-corrected chi connectivity index (χ3v) is 3.99. The summed E-state index contributed by atoms with van der Waals surface area (Å²) in [5.41, 5.74) is 2.47. The zero-order valence-electron chi connectivity index (χ0n) is 11.5. The SMILES string of the molecule is CCNC(Cc1cc(C)nn1C)C(C)C1CC1. The molecule has 1 aromatic rings. The van der Waals surface area contributed by atoms with Gasteiger partial charge < -0.3 is 5.32 Å². The fourth-order valence-electron chi connectivity index (χ4n) is 2.74. The Balaban J connectivity index is 2.03. The molecule has 0 spiro atoms. The summed E-state index contributed by atoms with van der Waals surface area (Å²) in [6, 6.07) is 2.81. The highest BCUT2D eigenvalue weighted by Crippen LogP contribution is 2.38. The van der Waals surface area contributed by atoms with Gasteiger partial charge in [0.25, 0.3) is 0 Å². The number of hydrogen-bond acceptors (Lipinski definition) is 2. The summed E-state index contributed by atoms with van der Waals surface area (Å²) in [7, 11) is 2.05. The van der Waals surface area contributed by atoms with E-state index in [0.29, 0.717) is 6.04 Å². The first-order valence-corrected chi connectivity index (χ1v) is 6.84. The van der Waals surface area contributed by atoms with Crippen LogP contribution in [0.2, 0.25) is 0 Å². The van der Waals surface area contributed by atoms with E-state index in [0.717, 1.165) is 30.5 Å². The van der Waals surface area contributed by atoms with E-state index >= 15 is 0 Å². The van der Waals surface area contributed by atoms with Crippen LogP contribution in [0.3, 0.4) is 0 Å². The number of hydrogen-bond donors (Lipinski definition) is 1. The first-order chi connectivity index (χ1) is 8.11. The topological polar surface area (TPSA) is 29.9 Å². The van der Waals surface area contributed by atoms with Crippen molar-refractivity contribution >= 4 is 0 Å². The van der Waals surface area contributed by atoms with E-state index in [9.17, 15) is 0 Å². The molecule has 96 valence electrons. The predicted octanol–water partition coefficient (Wildman–Crippen LogP) is 2.30. The van der Waals surface area contributed by atoms with Crippen molar-refractivity contribution < 1.29 is 0 Å². The maximum atomic E-state index is 4.43. The summed E-state index contributed by atoms with van der Waals surface area (Å²) in [6.07, 6.45) is 3.95. The van der Waals surface area contributed by atoms with Crippen molar-refractivity contribution in [1.82, 2.24) is 15.1 Å². The zero-order chi connectivity index (χ0) is 12.4. The average molecular weight is 235 g/mol. The normalized spacial score (nSPS) is 19.3. The van der Waals surface area contributed by atoms with Crippen molar-refractivity contribution in [3.05, 3.63) is 17.5 Å². The second-order valence-electron chi connectivity index (χ2n) is 5.47. The Morgan fingerprint density at radius 3 is 2.71 bits per heavy atom. The molecule has 2 unspecified atom stereocenters. The minimum atomic E-state index is 0.599. The van der Waals surface area contributed by atoms with Crippen LogP contribution in [0, 0.1) is 18.8 Å². The van der Waals surface area contributed by atoms with Crippen molar-refractivity contribution in [3.63, 3.8) is 0 Å². The van der Waals surface area contributed by atoms with Crippen LogP contribution in [0.5, 0.6) is 0 Å². The summed E-state index contributed by atoms with van der Waals surface area (Å²) < 4.78 is 2.03. The Bertz CT molecular complexity index is 366. The average Bonchev–Trinajstić information content (AvgIpc) is 3.05. The zero-order valence-corrected chi connectivity index (χ0v) is 11.5. The molecular formula is C14H25N3. The number of likely N-dealkylation sites (N-methyl/N-ethyl adjacent to an activating group) is 1. The summed E-state index contributed by atoms with van der Waals surface area (Å²) >= 11 is 0. The summed E-state index contributed by atoms with van der Waals surface area (Å²) in [5, 5.41) is 8.08. The van der Waals surface area contributed by atoms with E-state index < -0.39 is 0 Å². The molecule has 0 radical (unpaired) electrons. The quantitative estimate of drug-likeness (QED) is 0.820. The van der Waals surface area contributed by atoms with E-state index in [-0.39, 0.29) is 0 Å². The molecule has 0 aliphatic heterocycles. The summed E-state index contributed by atoms with van der Waals surface area (Å²) in [5.74, 6) is 1.73. The molecule has 0 aromatic carbocycles. The van der Waals surface area contributed by atoms with Gasteiger partial charge in [0.05, 0.1) is 5.69 Å². The van der Waals surface area contributed by atoms with Gasteiger partial charge in [0.15, 0.2) is 0 Å². The molecule has 3 heteroatoms. The van der Waals surface area contributed by atoms with Gasteiger partial charge in [-0.05, 0) is 44.2 Å². The third-order valence-electron chi connectivity index (χ3n) is 3.99. The smallest absolute Gasteiger partial charge is 0.0596 e. The second-order valence-corrected chi connectivity index (χ2v) is 5.47. The Morgan fingerprint density at radius 1 is 1.53 bits per heavy atom. The van der Waals surface area contributed by atoms with Crippen LogP contribution in [-0.2, 0) is 13.5 Å². The minimum Gasteiger partial charge on any atom is -0.314 e. The number of aryl methyl sites for hydroxylation is 2. The number of nitrogens with one attached hydrogen (secondary N) is 1. The molecule has 1 aromatic heterocycles. The Labute approximate surface area is 105 Å². The standard InChI is InChI=1S/C14H25N3/c1-5-15-14(11(3)12-6-7-12)9-13-8-10(2)16-17(13)4/h8,11-12,14-15H,5-7,9H2,1-4H3. The summed E-state index contributed by atoms with van der Waals surface area (Å²) in [6.45, 7) is 7.71. The van der Waals surface area contributed by atoms with Gasteiger partial charge in [0, 0.05) is 25.2 Å². The molecule has 17 heavy (non-hydrogen) atoms. The Kier molecular flexibility index (Phi) is 3.87. The molecule has 1 aliphatic carbocycles. The lowest BCUT2D eigenvalue weighted by atomic mass is 9.93. The molecule has 1 N–H and O–H groups in total. The molecule has 1 heterocycles. The molecule has 3 nitrogen and oxygen atoms in total. The molecular weight excluding hydrogens is 210 g/mol. The molecule has 2 atom stereocenters. The molecule has 1 aliphatic rings. The van der Waals surface area contributed by atoms with Crippen LogP contribution < -0.4 is 5.32 Å². The van der Waals surface area contributed by atoms with Crippen LogP contribution in [0.15, 0.2) is 6.07 Å². The van der Waals surface area contributed by atoms with Crippen LogP contribution in [0.4, 0.5) is 0 Å². The maximum absolute atomic E-state index is 4.43. The lowest BCUT2D eigenvalue weighted by molar-refractivity contribution is 0.339. The minimum absolute atomic E-state index is 0.599. The maximum Gasteiger partial charge on any atom is 0.0596 e. The van der Waals surface area contributed by atoms with Gasteiger partial charge in [-0.3, -0.25) is 4.68 Å². The molecule has 0 saturated heterocycles. The van der Waals surface area contributed by atoms with Gasteiger partial charge >= 0.3 is 0 Å². The third kappa shape index (κ3) is 3.09. The molecule has 2 rings (SSSR count). The Hall–Kier alpha value is -0.830. The van der Waals surface area contributed by atoms with Gasteiger partial charge in [-0.2, -0.15) is 5.10 Å². The van der Waals surface area contributed by atoms with Gasteiger partial charge in [0.2, 0.25) is 0 Å². The fourth-order valence-corrected chi connectivity index (χ4v) is 2.74. The van der Waals surface area contributed by atoms with Crippen molar-refractivity contribution in [2.24, 2.45) is 18.9 Å². The van der Waals surface area contributed by atoms with E-state index in [4.69, 9.17) is 0 Å². The van der Waals surface area contributed by atoms with Crippen molar-refractivity contribution in [1.29, 1.82) is 0 Å². The van der Waals surface area contributed by atoms with E-state index in [2.05, 4.69) is 37.3 Å². The molecule has 1 fully saturated rings. The van der Waals surface area contributed by atoms with Crippen LogP contribution >= 0.6 is 0 Å². The fraction of sp³-hybridized carbons (Fsp3) is 0.786. The number of nitrogens with zero attached hydrogens (tertiary/aromatic N) is 2. The van der Waals surface area contributed by atoms with Gasteiger partial charge in [-0.25, -0.2) is 0 Å².